The molecule has 3 aromatic carbocycles. The number of halogens is 3. The molecule has 0 fully saturated rings. The van der Waals surface area contributed by atoms with Crippen molar-refractivity contribution in [3.63, 3.8) is 0 Å². The molecule has 0 aromatic heterocycles. The molecule has 0 radical (unpaired) electrons. The number of hydrogen-bond donors (Lipinski definition) is 0. The first-order chi connectivity index (χ1) is 13.4. The summed E-state index contributed by atoms with van der Waals surface area (Å²) in [6.07, 6.45) is 3.03. The van der Waals surface area contributed by atoms with Gasteiger partial charge in [0, 0.05) is 15.6 Å². The lowest BCUT2D eigenvalue weighted by Crippen LogP contribution is -2.09. The third-order valence-corrected chi connectivity index (χ3v) is 4.71. The smallest absolute Gasteiger partial charge is 0.345 e. The van der Waals surface area contributed by atoms with Crippen LogP contribution < -0.4 is 4.74 Å². The van der Waals surface area contributed by atoms with E-state index in [1.165, 1.54) is 6.08 Å². The van der Waals surface area contributed by atoms with Gasteiger partial charge in [-0.1, -0.05) is 53.0 Å². The first-order valence-corrected chi connectivity index (χ1v) is 9.31. The van der Waals surface area contributed by atoms with Gasteiger partial charge in [-0.2, -0.15) is 0 Å². The highest BCUT2D eigenvalue weighted by molar-refractivity contribution is 6.35. The minimum Gasteiger partial charge on any atom is -0.423 e. The summed E-state index contributed by atoms with van der Waals surface area (Å²) in [6.45, 7) is 0. The van der Waals surface area contributed by atoms with Crippen molar-refractivity contribution in [1.82, 2.24) is 0 Å². The molecule has 0 spiro atoms. The summed E-state index contributed by atoms with van der Waals surface area (Å²) in [5.74, 6) is -0.469. The molecule has 3 aromatic rings. The average Bonchev–Trinajstić information content (AvgIpc) is 2.68. The van der Waals surface area contributed by atoms with Crippen LogP contribution in [0.2, 0.25) is 15.1 Å². The number of ketones is 1. The van der Waals surface area contributed by atoms with Gasteiger partial charge < -0.3 is 4.74 Å². The third kappa shape index (κ3) is 5.02. The summed E-state index contributed by atoms with van der Waals surface area (Å²) < 4.78 is 5.29. The second kappa shape index (κ2) is 9.07. The number of esters is 1. The van der Waals surface area contributed by atoms with E-state index in [-0.39, 0.29) is 11.3 Å². The van der Waals surface area contributed by atoms with Gasteiger partial charge >= 0.3 is 5.97 Å². The zero-order valence-electron chi connectivity index (χ0n) is 14.4. The topological polar surface area (TPSA) is 43.4 Å². The SMILES string of the molecule is O=C(/C=C/c1ccc(Cl)cc1Cl)c1ccc(OC(=O)c2ccccc2Cl)cc1. The molecular weight excluding hydrogens is 419 g/mol. The number of rotatable bonds is 5. The van der Waals surface area contributed by atoms with Crippen LogP contribution in [-0.4, -0.2) is 11.8 Å². The Morgan fingerprint density at radius 3 is 2.21 bits per heavy atom. The largest absolute Gasteiger partial charge is 0.423 e. The van der Waals surface area contributed by atoms with Crippen LogP contribution >= 0.6 is 34.8 Å². The fraction of sp³-hybridized carbons (Fsp3) is 0. The van der Waals surface area contributed by atoms with E-state index in [1.807, 2.05) is 0 Å². The van der Waals surface area contributed by atoms with Gasteiger partial charge in [0.05, 0.1) is 10.6 Å². The third-order valence-electron chi connectivity index (χ3n) is 3.82. The van der Waals surface area contributed by atoms with Gasteiger partial charge in [0.2, 0.25) is 0 Å². The predicted octanol–water partition coefficient (Wildman–Crippen LogP) is 6.76. The summed E-state index contributed by atoms with van der Waals surface area (Å²) in [5, 5.41) is 1.29. The van der Waals surface area contributed by atoms with Crippen molar-refractivity contribution in [3.8, 4) is 5.75 Å². The Morgan fingerprint density at radius 2 is 1.54 bits per heavy atom. The quantitative estimate of drug-likeness (QED) is 0.194. The maximum Gasteiger partial charge on any atom is 0.345 e. The summed E-state index contributed by atoms with van der Waals surface area (Å²) >= 11 is 17.9. The Balaban J connectivity index is 1.68. The van der Waals surface area contributed by atoms with Crippen LogP contribution in [0.5, 0.6) is 5.75 Å². The van der Waals surface area contributed by atoms with Gasteiger partial charge in [-0.25, -0.2) is 4.79 Å². The molecule has 140 valence electrons. The molecular formula is C22H13Cl3O3. The van der Waals surface area contributed by atoms with Crippen molar-refractivity contribution in [3.05, 3.63) is 105 Å². The van der Waals surface area contributed by atoms with Crippen molar-refractivity contribution in [1.29, 1.82) is 0 Å². The fourth-order valence-corrected chi connectivity index (χ4v) is 3.06. The molecule has 0 bridgehead atoms. The normalized spacial score (nSPS) is 10.8. The molecule has 0 heterocycles. The van der Waals surface area contributed by atoms with Crippen molar-refractivity contribution < 1.29 is 14.3 Å². The highest BCUT2D eigenvalue weighted by atomic mass is 35.5. The molecule has 0 aliphatic carbocycles. The molecule has 0 saturated carbocycles. The minimum atomic E-state index is -0.568. The van der Waals surface area contributed by atoms with E-state index in [0.29, 0.717) is 31.9 Å². The monoisotopic (exact) mass is 430 g/mol. The standard InChI is InChI=1S/C22H13Cl3O3/c23-16-9-5-14(20(25)13-16)8-12-21(26)15-6-10-17(11-7-15)28-22(27)18-3-1-2-4-19(18)24/h1-13H/b12-8+. The molecule has 0 N–H and O–H groups in total. The van der Waals surface area contributed by atoms with E-state index in [4.69, 9.17) is 39.5 Å². The second-order valence-corrected chi connectivity index (χ2v) is 7.01. The maximum atomic E-state index is 12.3. The van der Waals surface area contributed by atoms with Crippen LogP contribution in [0.15, 0.2) is 72.8 Å². The van der Waals surface area contributed by atoms with Crippen LogP contribution in [0.3, 0.4) is 0 Å². The van der Waals surface area contributed by atoms with E-state index in [9.17, 15) is 9.59 Å². The van der Waals surface area contributed by atoms with Gasteiger partial charge in [-0.15, -0.1) is 0 Å². The van der Waals surface area contributed by atoms with E-state index in [1.54, 1.807) is 72.8 Å². The van der Waals surface area contributed by atoms with Gasteiger partial charge in [0.25, 0.3) is 0 Å². The van der Waals surface area contributed by atoms with Crippen LogP contribution in [0, 0.1) is 0 Å². The highest BCUT2D eigenvalue weighted by Gasteiger charge is 2.12. The molecule has 28 heavy (non-hydrogen) atoms. The van der Waals surface area contributed by atoms with Crippen LogP contribution in [0.1, 0.15) is 26.3 Å². The average molecular weight is 432 g/mol. The van der Waals surface area contributed by atoms with Crippen molar-refractivity contribution in [2.24, 2.45) is 0 Å². The van der Waals surface area contributed by atoms with Gasteiger partial charge in [0.15, 0.2) is 5.78 Å². The molecule has 0 aliphatic rings. The van der Waals surface area contributed by atoms with Crippen LogP contribution in [-0.2, 0) is 0 Å². The van der Waals surface area contributed by atoms with E-state index >= 15 is 0 Å². The van der Waals surface area contributed by atoms with Crippen molar-refractivity contribution >= 4 is 52.6 Å². The van der Waals surface area contributed by atoms with Crippen molar-refractivity contribution in [2.75, 3.05) is 0 Å². The van der Waals surface area contributed by atoms with Gasteiger partial charge in [0.1, 0.15) is 5.75 Å². The van der Waals surface area contributed by atoms with E-state index in [2.05, 4.69) is 0 Å². The first kappa shape index (κ1) is 20.2. The Kier molecular flexibility index (Phi) is 6.53. The summed E-state index contributed by atoms with van der Waals surface area (Å²) in [6, 6.07) is 17.9. The lowest BCUT2D eigenvalue weighted by molar-refractivity contribution is 0.0735. The molecule has 0 aliphatic heterocycles. The lowest BCUT2D eigenvalue weighted by Gasteiger charge is -2.06. The van der Waals surface area contributed by atoms with E-state index in [0.717, 1.165) is 0 Å². The summed E-state index contributed by atoms with van der Waals surface area (Å²) in [4.78, 5) is 24.5. The Bertz CT molecular complexity index is 1060. The van der Waals surface area contributed by atoms with Crippen molar-refractivity contribution in [2.45, 2.75) is 0 Å². The zero-order valence-corrected chi connectivity index (χ0v) is 16.6. The number of hydrogen-bond acceptors (Lipinski definition) is 3. The van der Waals surface area contributed by atoms with Gasteiger partial charge in [-0.3, -0.25) is 4.79 Å². The molecule has 0 saturated heterocycles. The maximum absolute atomic E-state index is 12.3. The molecule has 6 heteroatoms. The second-order valence-electron chi connectivity index (χ2n) is 5.76. The lowest BCUT2D eigenvalue weighted by atomic mass is 10.1. The number of allylic oxidation sites excluding steroid dienone is 1. The number of ether oxygens (including phenoxy) is 1. The highest BCUT2D eigenvalue weighted by Crippen LogP contribution is 2.23. The number of carbonyl (C=O) groups excluding carboxylic acids is 2. The Hall–Kier alpha value is -2.59. The molecule has 3 rings (SSSR count). The molecule has 0 atom stereocenters. The molecule has 3 nitrogen and oxygen atoms in total. The Labute approximate surface area is 177 Å². The number of benzene rings is 3. The van der Waals surface area contributed by atoms with Crippen LogP contribution in [0.4, 0.5) is 0 Å². The predicted molar refractivity (Wildman–Crippen MR) is 113 cm³/mol. The molecule has 0 unspecified atom stereocenters. The minimum absolute atomic E-state index is 0.213. The Morgan fingerprint density at radius 1 is 0.821 bits per heavy atom. The van der Waals surface area contributed by atoms with Crippen LogP contribution in [0.25, 0.3) is 6.08 Å². The van der Waals surface area contributed by atoms with E-state index < -0.39 is 5.97 Å². The first-order valence-electron chi connectivity index (χ1n) is 8.18. The fourth-order valence-electron chi connectivity index (χ4n) is 2.37. The van der Waals surface area contributed by atoms with Gasteiger partial charge in [-0.05, 0) is 66.2 Å². The molecule has 0 amide bonds. The zero-order chi connectivity index (χ0) is 20.1. The summed E-state index contributed by atoms with van der Waals surface area (Å²) in [7, 11) is 0. The number of carbonyl (C=O) groups is 2. The summed E-state index contributed by atoms with van der Waals surface area (Å²) in [5.41, 5.74) is 1.40.